The lowest BCUT2D eigenvalue weighted by Gasteiger charge is -2.10. The Bertz CT molecular complexity index is 1120. The highest BCUT2D eigenvalue weighted by Gasteiger charge is 2.16. The molecule has 150 valence electrons. The van der Waals surface area contributed by atoms with Crippen molar-refractivity contribution in [3.05, 3.63) is 90.6 Å². The summed E-state index contributed by atoms with van der Waals surface area (Å²) in [6.45, 7) is -0.0281. The maximum Gasteiger partial charge on any atom is 0.342 e. The van der Waals surface area contributed by atoms with Crippen LogP contribution >= 0.6 is 0 Å². The smallest absolute Gasteiger partial charge is 0.342 e. The Kier molecular flexibility index (Phi) is 5.70. The van der Waals surface area contributed by atoms with Crippen molar-refractivity contribution in [2.75, 3.05) is 7.11 Å². The van der Waals surface area contributed by atoms with E-state index in [1.54, 1.807) is 55.9 Å². The van der Waals surface area contributed by atoms with Gasteiger partial charge in [0.15, 0.2) is 0 Å². The average molecular weight is 402 g/mol. The first kappa shape index (κ1) is 19.2. The number of oxazole rings is 1. The number of methoxy groups -OCH3 is 1. The van der Waals surface area contributed by atoms with Crippen LogP contribution in [0.4, 0.5) is 0 Å². The van der Waals surface area contributed by atoms with Crippen molar-refractivity contribution in [3.63, 3.8) is 0 Å². The molecule has 0 amide bonds. The summed E-state index contributed by atoms with van der Waals surface area (Å²) >= 11 is 0. The first-order valence-electron chi connectivity index (χ1n) is 9.16. The van der Waals surface area contributed by atoms with Crippen LogP contribution in [0.5, 0.6) is 17.2 Å². The molecule has 0 saturated carbocycles. The Morgan fingerprint density at radius 2 is 1.83 bits per heavy atom. The van der Waals surface area contributed by atoms with Crippen LogP contribution in [0.2, 0.25) is 0 Å². The number of benzene rings is 2. The van der Waals surface area contributed by atoms with Gasteiger partial charge in [-0.3, -0.25) is 4.98 Å². The number of carbonyl (C=O) groups is 1. The fourth-order valence-electron chi connectivity index (χ4n) is 2.72. The fraction of sp³-hybridized carbons (Fsp3) is 0.0870. The number of nitrogens with zero attached hydrogens (tertiary/aromatic N) is 2. The molecule has 0 aliphatic heterocycles. The summed E-state index contributed by atoms with van der Waals surface area (Å²) in [6.07, 6.45) is 4.67. The lowest BCUT2D eigenvalue weighted by molar-refractivity contribution is 0.0465. The minimum absolute atomic E-state index is 0.0281. The molecule has 0 unspecified atom stereocenters. The molecule has 0 spiro atoms. The van der Waals surface area contributed by atoms with E-state index in [0.717, 1.165) is 11.3 Å². The molecule has 4 aromatic rings. The number of esters is 1. The largest absolute Gasteiger partial charge is 0.497 e. The van der Waals surface area contributed by atoms with Crippen LogP contribution in [0.15, 0.2) is 83.7 Å². The van der Waals surface area contributed by atoms with E-state index < -0.39 is 5.97 Å². The quantitative estimate of drug-likeness (QED) is 0.407. The van der Waals surface area contributed by atoms with Gasteiger partial charge in [0.2, 0.25) is 5.89 Å². The zero-order valence-electron chi connectivity index (χ0n) is 16.1. The topological polar surface area (TPSA) is 83.7 Å². The molecule has 0 aliphatic carbocycles. The van der Waals surface area contributed by atoms with Crippen molar-refractivity contribution in [2.24, 2.45) is 0 Å². The third-order valence-corrected chi connectivity index (χ3v) is 4.21. The number of hydrogen-bond acceptors (Lipinski definition) is 7. The Balaban J connectivity index is 1.42. The molecule has 7 heteroatoms. The highest BCUT2D eigenvalue weighted by molar-refractivity contribution is 5.92. The highest BCUT2D eigenvalue weighted by Crippen LogP contribution is 2.26. The van der Waals surface area contributed by atoms with E-state index >= 15 is 0 Å². The van der Waals surface area contributed by atoms with E-state index in [0.29, 0.717) is 28.6 Å². The zero-order valence-corrected chi connectivity index (χ0v) is 16.1. The molecule has 2 aromatic carbocycles. The van der Waals surface area contributed by atoms with Gasteiger partial charge in [0.1, 0.15) is 41.4 Å². The normalized spacial score (nSPS) is 10.4. The number of ether oxygens (including phenoxy) is 3. The maximum absolute atomic E-state index is 12.6. The molecular formula is C23H18N2O5. The molecule has 0 saturated heterocycles. The minimum Gasteiger partial charge on any atom is -0.497 e. The summed E-state index contributed by atoms with van der Waals surface area (Å²) in [6, 6.07) is 17.7. The van der Waals surface area contributed by atoms with E-state index in [-0.39, 0.29) is 6.61 Å². The molecule has 0 N–H and O–H groups in total. The Labute approximate surface area is 172 Å². The highest BCUT2D eigenvalue weighted by atomic mass is 16.5. The fourth-order valence-corrected chi connectivity index (χ4v) is 2.72. The van der Waals surface area contributed by atoms with E-state index in [1.165, 1.54) is 6.26 Å². The number of hydrogen-bond donors (Lipinski definition) is 0. The van der Waals surface area contributed by atoms with Crippen LogP contribution in [0, 0.1) is 0 Å². The van der Waals surface area contributed by atoms with Gasteiger partial charge < -0.3 is 18.6 Å². The Morgan fingerprint density at radius 3 is 2.60 bits per heavy atom. The summed E-state index contributed by atoms with van der Waals surface area (Å²) in [5.41, 5.74) is 1.60. The maximum atomic E-state index is 12.6. The van der Waals surface area contributed by atoms with Crippen molar-refractivity contribution in [3.8, 4) is 28.7 Å². The Morgan fingerprint density at radius 1 is 1.00 bits per heavy atom. The second kappa shape index (κ2) is 8.91. The van der Waals surface area contributed by atoms with Gasteiger partial charge >= 0.3 is 5.97 Å². The average Bonchev–Trinajstić information content (AvgIpc) is 3.28. The van der Waals surface area contributed by atoms with Crippen LogP contribution in [-0.2, 0) is 11.3 Å². The summed E-state index contributed by atoms with van der Waals surface area (Å²) in [5, 5.41) is 0. The van der Waals surface area contributed by atoms with Crippen LogP contribution in [-0.4, -0.2) is 23.0 Å². The predicted octanol–water partition coefficient (Wildman–Crippen LogP) is 4.89. The number of aromatic nitrogens is 2. The van der Waals surface area contributed by atoms with E-state index in [1.807, 2.05) is 24.3 Å². The number of carbonyl (C=O) groups excluding carboxylic acids is 1. The van der Waals surface area contributed by atoms with Crippen LogP contribution in [0.3, 0.4) is 0 Å². The summed E-state index contributed by atoms with van der Waals surface area (Å²) in [4.78, 5) is 21.0. The monoisotopic (exact) mass is 402 g/mol. The molecule has 4 rings (SSSR count). The van der Waals surface area contributed by atoms with Crippen molar-refractivity contribution < 1.29 is 23.4 Å². The van der Waals surface area contributed by atoms with Gasteiger partial charge in [-0.1, -0.05) is 12.1 Å². The molecule has 0 aliphatic rings. The summed E-state index contributed by atoms with van der Waals surface area (Å²) < 4.78 is 21.8. The number of para-hydroxylation sites is 1. The third kappa shape index (κ3) is 4.47. The lowest BCUT2D eigenvalue weighted by Crippen LogP contribution is -2.07. The first-order chi connectivity index (χ1) is 14.7. The van der Waals surface area contributed by atoms with Gasteiger partial charge in [-0.15, -0.1) is 0 Å². The molecule has 0 fully saturated rings. The second-order valence-corrected chi connectivity index (χ2v) is 6.24. The lowest BCUT2D eigenvalue weighted by atomic mass is 10.2. The second-order valence-electron chi connectivity index (χ2n) is 6.24. The van der Waals surface area contributed by atoms with Gasteiger partial charge in [-0.25, -0.2) is 9.78 Å². The van der Waals surface area contributed by atoms with Crippen molar-refractivity contribution in [2.45, 2.75) is 6.61 Å². The number of rotatable bonds is 7. The van der Waals surface area contributed by atoms with Crippen molar-refractivity contribution in [1.82, 2.24) is 9.97 Å². The van der Waals surface area contributed by atoms with E-state index in [2.05, 4.69) is 9.97 Å². The van der Waals surface area contributed by atoms with Gasteiger partial charge in [0, 0.05) is 11.8 Å². The SMILES string of the molecule is COc1ccc(-c2nc(COC(=O)c3ccccc3Oc3cccnc3)co2)cc1. The van der Waals surface area contributed by atoms with Crippen molar-refractivity contribution in [1.29, 1.82) is 0 Å². The Hall–Kier alpha value is -4.13. The molecule has 0 atom stereocenters. The molecular weight excluding hydrogens is 384 g/mol. The van der Waals surface area contributed by atoms with Crippen LogP contribution < -0.4 is 9.47 Å². The summed E-state index contributed by atoms with van der Waals surface area (Å²) in [7, 11) is 1.60. The molecule has 0 radical (unpaired) electrons. The molecule has 2 aromatic heterocycles. The predicted molar refractivity (Wildman–Crippen MR) is 108 cm³/mol. The molecule has 30 heavy (non-hydrogen) atoms. The standard InChI is InChI=1S/C23H18N2O5/c1-27-18-10-8-16(9-11-18)22-25-17(14-28-22)15-29-23(26)20-6-2-3-7-21(20)30-19-5-4-12-24-13-19/h2-14H,15H2,1H3. The van der Waals surface area contributed by atoms with Crippen LogP contribution in [0.25, 0.3) is 11.5 Å². The van der Waals surface area contributed by atoms with Crippen molar-refractivity contribution >= 4 is 5.97 Å². The van der Waals surface area contributed by atoms with Gasteiger partial charge in [-0.2, -0.15) is 0 Å². The molecule has 7 nitrogen and oxygen atoms in total. The van der Waals surface area contributed by atoms with Gasteiger partial charge in [0.05, 0.1) is 13.3 Å². The first-order valence-corrected chi connectivity index (χ1v) is 9.16. The van der Waals surface area contributed by atoms with E-state index in [4.69, 9.17) is 18.6 Å². The van der Waals surface area contributed by atoms with Gasteiger partial charge in [-0.05, 0) is 48.5 Å². The molecule has 0 bridgehead atoms. The van der Waals surface area contributed by atoms with Crippen LogP contribution in [0.1, 0.15) is 16.1 Å². The van der Waals surface area contributed by atoms with E-state index in [9.17, 15) is 4.79 Å². The van der Waals surface area contributed by atoms with Gasteiger partial charge in [0.25, 0.3) is 0 Å². The number of pyridine rings is 1. The minimum atomic E-state index is -0.525. The molecule has 2 heterocycles. The zero-order chi connectivity index (χ0) is 20.8. The third-order valence-electron chi connectivity index (χ3n) is 4.21. The summed E-state index contributed by atoms with van der Waals surface area (Å²) in [5.74, 6) is 1.56.